The van der Waals surface area contributed by atoms with E-state index in [1.54, 1.807) is 0 Å². The molecule has 4 heteroatoms. The second kappa shape index (κ2) is 6.28. The molecule has 2 aromatic heterocycles. The van der Waals surface area contributed by atoms with E-state index in [0.29, 0.717) is 6.54 Å². The number of rotatable bonds is 5. The molecule has 2 N–H and O–H groups in total. The van der Waals surface area contributed by atoms with Gasteiger partial charge in [0.15, 0.2) is 0 Å². The van der Waals surface area contributed by atoms with E-state index in [-0.39, 0.29) is 6.04 Å². The number of hydrogen-bond donors (Lipinski definition) is 1. The molecule has 0 amide bonds. The minimum atomic E-state index is 0.256. The van der Waals surface area contributed by atoms with Crippen molar-refractivity contribution in [2.45, 2.75) is 26.4 Å². The highest BCUT2D eigenvalue weighted by Crippen LogP contribution is 2.29. The third-order valence-electron chi connectivity index (χ3n) is 3.33. The van der Waals surface area contributed by atoms with Crippen molar-refractivity contribution < 1.29 is 0 Å². The lowest BCUT2D eigenvalue weighted by Crippen LogP contribution is -2.30. The van der Waals surface area contributed by atoms with Gasteiger partial charge in [-0.3, -0.25) is 9.88 Å². The number of nitrogens with two attached hydrogens (primary N) is 1. The van der Waals surface area contributed by atoms with E-state index >= 15 is 0 Å². The Kier molecular flexibility index (Phi) is 4.69. The molecule has 0 aliphatic carbocycles. The maximum atomic E-state index is 5.98. The molecular formula is C15H21N3S. The second-order valence-corrected chi connectivity index (χ2v) is 6.32. The minimum Gasteiger partial charge on any atom is -0.329 e. The molecule has 0 aliphatic rings. The molecule has 0 fully saturated rings. The SMILES string of the molecule is Cc1cc(C(CN)N(C)Cc2ccccn2)c(C)s1. The van der Waals surface area contributed by atoms with E-state index in [4.69, 9.17) is 5.73 Å². The summed E-state index contributed by atoms with van der Waals surface area (Å²) in [5.41, 5.74) is 8.41. The van der Waals surface area contributed by atoms with Crippen LogP contribution in [0.1, 0.15) is 27.1 Å². The lowest BCUT2D eigenvalue weighted by molar-refractivity contribution is 0.239. The normalized spacial score (nSPS) is 12.9. The fourth-order valence-electron chi connectivity index (χ4n) is 2.38. The van der Waals surface area contributed by atoms with Crippen LogP contribution in [-0.2, 0) is 6.54 Å². The lowest BCUT2D eigenvalue weighted by Gasteiger charge is -2.27. The number of thiophene rings is 1. The summed E-state index contributed by atoms with van der Waals surface area (Å²) in [6.45, 7) is 5.76. The Bertz CT molecular complexity index is 521. The van der Waals surface area contributed by atoms with Gasteiger partial charge in [-0.05, 0) is 44.7 Å². The molecule has 1 atom stereocenters. The van der Waals surface area contributed by atoms with Gasteiger partial charge in [0.05, 0.1) is 5.69 Å². The van der Waals surface area contributed by atoms with Gasteiger partial charge in [0.1, 0.15) is 0 Å². The molecule has 0 radical (unpaired) electrons. The van der Waals surface area contributed by atoms with E-state index in [9.17, 15) is 0 Å². The Labute approximate surface area is 119 Å². The molecule has 2 rings (SSSR count). The van der Waals surface area contributed by atoms with Crippen molar-refractivity contribution in [3.05, 3.63) is 51.5 Å². The van der Waals surface area contributed by atoms with E-state index in [1.807, 2.05) is 29.7 Å². The van der Waals surface area contributed by atoms with Crippen LogP contribution >= 0.6 is 11.3 Å². The number of likely N-dealkylation sites (N-methyl/N-ethyl adjacent to an activating group) is 1. The fourth-order valence-corrected chi connectivity index (χ4v) is 3.36. The zero-order valence-corrected chi connectivity index (χ0v) is 12.6. The van der Waals surface area contributed by atoms with E-state index in [1.165, 1.54) is 15.3 Å². The quantitative estimate of drug-likeness (QED) is 0.912. The summed E-state index contributed by atoms with van der Waals surface area (Å²) in [5, 5.41) is 0. The smallest absolute Gasteiger partial charge is 0.0544 e. The Balaban J connectivity index is 2.15. The molecule has 2 heterocycles. The van der Waals surface area contributed by atoms with Gasteiger partial charge in [0.25, 0.3) is 0 Å². The van der Waals surface area contributed by atoms with Crippen LogP contribution in [0.3, 0.4) is 0 Å². The van der Waals surface area contributed by atoms with Crippen LogP contribution in [0.2, 0.25) is 0 Å². The molecule has 0 spiro atoms. The lowest BCUT2D eigenvalue weighted by atomic mass is 10.1. The zero-order valence-electron chi connectivity index (χ0n) is 11.8. The molecule has 0 bridgehead atoms. The zero-order chi connectivity index (χ0) is 13.8. The monoisotopic (exact) mass is 275 g/mol. The van der Waals surface area contributed by atoms with Crippen molar-refractivity contribution in [1.82, 2.24) is 9.88 Å². The van der Waals surface area contributed by atoms with Gasteiger partial charge in [-0.25, -0.2) is 0 Å². The first-order chi connectivity index (χ1) is 9.11. The molecule has 0 aliphatic heterocycles. The number of nitrogens with zero attached hydrogens (tertiary/aromatic N) is 2. The van der Waals surface area contributed by atoms with Gasteiger partial charge < -0.3 is 5.73 Å². The number of aromatic nitrogens is 1. The van der Waals surface area contributed by atoms with E-state index in [0.717, 1.165) is 12.2 Å². The van der Waals surface area contributed by atoms with Crippen molar-refractivity contribution >= 4 is 11.3 Å². The predicted octanol–water partition coefficient (Wildman–Crippen LogP) is 2.89. The molecule has 2 aromatic rings. The van der Waals surface area contributed by atoms with Crippen molar-refractivity contribution in [2.75, 3.05) is 13.6 Å². The Hall–Kier alpha value is -1.23. The first-order valence-electron chi connectivity index (χ1n) is 6.49. The second-order valence-electron chi connectivity index (χ2n) is 4.86. The highest BCUT2D eigenvalue weighted by Gasteiger charge is 2.19. The van der Waals surface area contributed by atoms with Crippen LogP contribution in [0.4, 0.5) is 0 Å². The van der Waals surface area contributed by atoms with E-state index < -0.39 is 0 Å². The van der Waals surface area contributed by atoms with Crippen LogP contribution in [0.5, 0.6) is 0 Å². The van der Waals surface area contributed by atoms with Crippen molar-refractivity contribution in [1.29, 1.82) is 0 Å². The van der Waals surface area contributed by atoms with Crippen LogP contribution in [0.15, 0.2) is 30.5 Å². The van der Waals surface area contributed by atoms with Crippen LogP contribution in [-0.4, -0.2) is 23.5 Å². The van der Waals surface area contributed by atoms with Gasteiger partial charge in [0, 0.05) is 35.1 Å². The summed E-state index contributed by atoms with van der Waals surface area (Å²) in [6.07, 6.45) is 1.83. The van der Waals surface area contributed by atoms with Crippen LogP contribution in [0, 0.1) is 13.8 Å². The standard InChI is InChI=1S/C15H21N3S/c1-11-8-14(12(2)19-11)15(9-16)18(3)10-13-6-4-5-7-17-13/h4-8,15H,9-10,16H2,1-3H3. The predicted molar refractivity (Wildman–Crippen MR) is 81.3 cm³/mol. The van der Waals surface area contributed by atoms with Crippen LogP contribution < -0.4 is 5.73 Å². The molecule has 0 saturated carbocycles. The summed E-state index contributed by atoms with van der Waals surface area (Å²) in [7, 11) is 2.11. The van der Waals surface area contributed by atoms with Gasteiger partial charge in [0.2, 0.25) is 0 Å². The Morgan fingerprint density at radius 1 is 1.37 bits per heavy atom. The van der Waals surface area contributed by atoms with Gasteiger partial charge >= 0.3 is 0 Å². The van der Waals surface area contributed by atoms with E-state index in [2.05, 4.69) is 42.9 Å². The average Bonchev–Trinajstić information content (AvgIpc) is 2.71. The maximum absolute atomic E-state index is 5.98. The maximum Gasteiger partial charge on any atom is 0.0544 e. The minimum absolute atomic E-state index is 0.256. The fraction of sp³-hybridized carbons (Fsp3) is 0.400. The highest BCUT2D eigenvalue weighted by atomic mass is 32.1. The van der Waals surface area contributed by atoms with Gasteiger partial charge in [-0.15, -0.1) is 11.3 Å². The van der Waals surface area contributed by atoms with Gasteiger partial charge in [-0.2, -0.15) is 0 Å². The molecule has 19 heavy (non-hydrogen) atoms. The number of hydrogen-bond acceptors (Lipinski definition) is 4. The molecule has 102 valence electrons. The first-order valence-corrected chi connectivity index (χ1v) is 7.30. The molecular weight excluding hydrogens is 254 g/mol. The summed E-state index contributed by atoms with van der Waals surface area (Å²) in [5.74, 6) is 0. The third kappa shape index (κ3) is 3.41. The summed E-state index contributed by atoms with van der Waals surface area (Å²) in [6, 6.07) is 8.53. The third-order valence-corrected chi connectivity index (χ3v) is 4.31. The molecule has 0 aromatic carbocycles. The van der Waals surface area contributed by atoms with Crippen molar-refractivity contribution in [3.8, 4) is 0 Å². The van der Waals surface area contributed by atoms with Crippen molar-refractivity contribution in [3.63, 3.8) is 0 Å². The van der Waals surface area contributed by atoms with Crippen molar-refractivity contribution in [2.24, 2.45) is 5.73 Å². The largest absolute Gasteiger partial charge is 0.329 e. The molecule has 3 nitrogen and oxygen atoms in total. The average molecular weight is 275 g/mol. The Morgan fingerprint density at radius 3 is 2.68 bits per heavy atom. The Morgan fingerprint density at radius 2 is 2.16 bits per heavy atom. The first kappa shape index (κ1) is 14.2. The summed E-state index contributed by atoms with van der Waals surface area (Å²) in [4.78, 5) is 9.36. The van der Waals surface area contributed by atoms with Gasteiger partial charge in [-0.1, -0.05) is 6.07 Å². The summed E-state index contributed by atoms with van der Waals surface area (Å²) >= 11 is 1.84. The molecule has 0 saturated heterocycles. The van der Waals surface area contributed by atoms with Crippen LogP contribution in [0.25, 0.3) is 0 Å². The topological polar surface area (TPSA) is 42.1 Å². The summed E-state index contributed by atoms with van der Waals surface area (Å²) < 4.78 is 0. The highest BCUT2D eigenvalue weighted by molar-refractivity contribution is 7.12. The number of pyridine rings is 1. The number of aryl methyl sites for hydroxylation is 2. The molecule has 1 unspecified atom stereocenters.